The van der Waals surface area contributed by atoms with E-state index in [0.29, 0.717) is 0 Å². The molecule has 3 nitrogen and oxygen atoms in total. The van der Waals surface area contributed by atoms with Crippen molar-refractivity contribution in [2.24, 2.45) is 0 Å². The van der Waals surface area contributed by atoms with Crippen LogP contribution in [0.4, 0.5) is 17.1 Å². The maximum absolute atomic E-state index is 6.19. The molecule has 2 heterocycles. The highest BCUT2D eigenvalue weighted by molar-refractivity contribution is 6.13. The molecule has 3 heteroatoms. The standard InChI is InChI=1S/C62H40N2O/c1-2-13-42(14-3-1)51-36-28-45(50-20-12-21-52-49-16-5-4-15-43(49)27-37-53(50)52)40-60(51)63(46-30-25-41(26-31-46)44-29-38-62-57(39-44)56-19-8-11-24-61(56)65-62)47-32-34-48(35-33-47)64-58-22-9-6-17-54(58)55-18-7-10-23-59(55)64/h1-40H. The quantitative estimate of drug-likeness (QED) is 0.149. The number of hydrogen-bond donors (Lipinski definition) is 0. The monoisotopic (exact) mass is 828 g/mol. The minimum Gasteiger partial charge on any atom is -0.456 e. The van der Waals surface area contributed by atoms with Crippen LogP contribution in [0.1, 0.15) is 0 Å². The molecule has 13 rings (SSSR count). The summed E-state index contributed by atoms with van der Waals surface area (Å²) in [4.78, 5) is 2.43. The number of nitrogens with zero attached hydrogens (tertiary/aromatic N) is 2. The van der Waals surface area contributed by atoms with Crippen LogP contribution in [0.3, 0.4) is 0 Å². The maximum Gasteiger partial charge on any atom is 0.135 e. The van der Waals surface area contributed by atoms with Gasteiger partial charge in [0.2, 0.25) is 0 Å². The molecule has 0 atom stereocenters. The third-order valence-electron chi connectivity index (χ3n) is 13.2. The van der Waals surface area contributed by atoms with E-state index in [1.165, 1.54) is 48.9 Å². The molecule has 0 N–H and O–H groups in total. The number of furan rings is 1. The van der Waals surface area contributed by atoms with Gasteiger partial charge < -0.3 is 13.9 Å². The van der Waals surface area contributed by atoms with E-state index in [2.05, 4.69) is 240 Å². The van der Waals surface area contributed by atoms with Crippen LogP contribution in [-0.4, -0.2) is 4.57 Å². The molecule has 0 amide bonds. The van der Waals surface area contributed by atoms with Gasteiger partial charge in [-0.25, -0.2) is 0 Å². The molecular weight excluding hydrogens is 789 g/mol. The molecule has 2 aromatic heterocycles. The van der Waals surface area contributed by atoms with Gasteiger partial charge in [0.1, 0.15) is 11.2 Å². The Balaban J connectivity index is 1.00. The second kappa shape index (κ2) is 15.0. The van der Waals surface area contributed by atoms with Gasteiger partial charge in [-0.05, 0) is 122 Å². The largest absolute Gasteiger partial charge is 0.456 e. The fourth-order valence-corrected chi connectivity index (χ4v) is 10.1. The van der Waals surface area contributed by atoms with Crippen molar-refractivity contribution in [1.29, 1.82) is 0 Å². The molecule has 0 aliphatic carbocycles. The molecule has 0 aliphatic rings. The minimum atomic E-state index is 0.898. The van der Waals surface area contributed by atoms with Crippen LogP contribution in [-0.2, 0) is 0 Å². The molecule has 0 saturated carbocycles. The Labute approximate surface area is 376 Å². The summed E-state index contributed by atoms with van der Waals surface area (Å²) in [5, 5.41) is 9.75. The zero-order valence-electron chi connectivity index (χ0n) is 35.4. The summed E-state index contributed by atoms with van der Waals surface area (Å²) in [6.07, 6.45) is 0. The van der Waals surface area contributed by atoms with Crippen molar-refractivity contribution < 1.29 is 4.42 Å². The number of rotatable bonds is 7. The zero-order valence-corrected chi connectivity index (χ0v) is 35.4. The van der Waals surface area contributed by atoms with Crippen molar-refractivity contribution in [3.8, 4) is 39.1 Å². The SMILES string of the molecule is c1ccc(-c2ccc(-c3cccc4c3ccc3ccccc34)cc2N(c2ccc(-c3ccc4oc5ccccc5c4c3)cc2)c2ccc(-n3c4ccccc4c4ccccc43)cc2)cc1. The number of para-hydroxylation sites is 3. The van der Waals surface area contributed by atoms with Crippen LogP contribution in [0.15, 0.2) is 247 Å². The summed E-state index contributed by atoms with van der Waals surface area (Å²) in [6.45, 7) is 0. The Hall–Kier alpha value is -8.66. The number of benzene rings is 11. The molecular formula is C62H40N2O. The topological polar surface area (TPSA) is 21.3 Å². The molecule has 0 spiro atoms. The number of aromatic nitrogens is 1. The minimum absolute atomic E-state index is 0.898. The first-order valence-electron chi connectivity index (χ1n) is 22.2. The predicted molar refractivity (Wildman–Crippen MR) is 274 cm³/mol. The van der Waals surface area contributed by atoms with E-state index in [4.69, 9.17) is 4.42 Å². The second-order valence-electron chi connectivity index (χ2n) is 16.9. The van der Waals surface area contributed by atoms with Gasteiger partial charge in [-0.15, -0.1) is 0 Å². The molecule has 0 saturated heterocycles. The molecule has 0 radical (unpaired) electrons. The Morgan fingerprint density at radius 2 is 0.908 bits per heavy atom. The van der Waals surface area contributed by atoms with Crippen molar-refractivity contribution in [2.45, 2.75) is 0 Å². The lowest BCUT2D eigenvalue weighted by Gasteiger charge is -2.29. The predicted octanol–water partition coefficient (Wildman–Crippen LogP) is 17.5. The summed E-state index contributed by atoms with van der Waals surface area (Å²) < 4.78 is 8.57. The zero-order chi connectivity index (χ0) is 42.8. The molecule has 304 valence electrons. The molecule has 0 unspecified atom stereocenters. The van der Waals surface area contributed by atoms with Gasteiger partial charge in [0.25, 0.3) is 0 Å². The lowest BCUT2D eigenvalue weighted by molar-refractivity contribution is 0.669. The van der Waals surface area contributed by atoms with Gasteiger partial charge in [0, 0.05) is 44.2 Å². The van der Waals surface area contributed by atoms with Crippen LogP contribution >= 0.6 is 0 Å². The molecule has 11 aromatic carbocycles. The van der Waals surface area contributed by atoms with E-state index in [0.717, 1.165) is 72.5 Å². The van der Waals surface area contributed by atoms with Gasteiger partial charge in [0.15, 0.2) is 0 Å². The average molecular weight is 829 g/mol. The summed E-state index contributed by atoms with van der Waals surface area (Å²) in [6, 6.07) is 88.0. The lowest BCUT2D eigenvalue weighted by Crippen LogP contribution is -2.11. The van der Waals surface area contributed by atoms with Crippen molar-refractivity contribution >= 4 is 82.4 Å². The van der Waals surface area contributed by atoms with Gasteiger partial charge in [0.05, 0.1) is 16.7 Å². The fourth-order valence-electron chi connectivity index (χ4n) is 10.1. The van der Waals surface area contributed by atoms with Crippen LogP contribution in [0, 0.1) is 0 Å². The summed E-state index contributed by atoms with van der Waals surface area (Å²) in [5.41, 5.74) is 15.5. The third kappa shape index (κ3) is 6.12. The van der Waals surface area contributed by atoms with Crippen molar-refractivity contribution in [3.05, 3.63) is 243 Å². The third-order valence-corrected chi connectivity index (χ3v) is 13.2. The summed E-state index contributed by atoms with van der Waals surface area (Å²) >= 11 is 0. The van der Waals surface area contributed by atoms with Gasteiger partial charge in [-0.1, -0.05) is 170 Å². The number of anilines is 3. The highest BCUT2D eigenvalue weighted by atomic mass is 16.3. The van der Waals surface area contributed by atoms with E-state index in [9.17, 15) is 0 Å². The average Bonchev–Trinajstić information content (AvgIpc) is 3.92. The van der Waals surface area contributed by atoms with Crippen LogP contribution < -0.4 is 4.90 Å². The molecule has 0 bridgehead atoms. The summed E-state index contributed by atoms with van der Waals surface area (Å²) in [5.74, 6) is 0. The second-order valence-corrected chi connectivity index (χ2v) is 16.9. The fraction of sp³-hybridized carbons (Fsp3) is 0. The van der Waals surface area contributed by atoms with Crippen LogP contribution in [0.2, 0.25) is 0 Å². The molecule has 13 aromatic rings. The first kappa shape index (κ1) is 36.9. The Morgan fingerprint density at radius 3 is 1.68 bits per heavy atom. The van der Waals surface area contributed by atoms with Gasteiger partial charge >= 0.3 is 0 Å². The molecule has 0 aliphatic heterocycles. The summed E-state index contributed by atoms with van der Waals surface area (Å²) in [7, 11) is 0. The van der Waals surface area contributed by atoms with Crippen molar-refractivity contribution in [3.63, 3.8) is 0 Å². The normalized spacial score (nSPS) is 11.7. The van der Waals surface area contributed by atoms with E-state index in [-0.39, 0.29) is 0 Å². The van der Waals surface area contributed by atoms with E-state index in [1.54, 1.807) is 0 Å². The number of fused-ring (bicyclic) bond motifs is 9. The van der Waals surface area contributed by atoms with E-state index >= 15 is 0 Å². The van der Waals surface area contributed by atoms with Gasteiger partial charge in [-0.3, -0.25) is 0 Å². The highest BCUT2D eigenvalue weighted by Gasteiger charge is 2.21. The number of hydrogen-bond acceptors (Lipinski definition) is 2. The van der Waals surface area contributed by atoms with Crippen LogP contribution in [0.5, 0.6) is 0 Å². The smallest absolute Gasteiger partial charge is 0.135 e. The lowest BCUT2D eigenvalue weighted by atomic mass is 9.92. The van der Waals surface area contributed by atoms with Crippen LogP contribution in [0.25, 0.3) is 104 Å². The molecule has 0 fully saturated rings. The van der Waals surface area contributed by atoms with E-state index < -0.39 is 0 Å². The Morgan fingerprint density at radius 1 is 0.308 bits per heavy atom. The van der Waals surface area contributed by atoms with Gasteiger partial charge in [-0.2, -0.15) is 0 Å². The van der Waals surface area contributed by atoms with E-state index in [1.807, 2.05) is 12.1 Å². The first-order chi connectivity index (χ1) is 32.2. The Kier molecular flexibility index (Phi) is 8.53. The molecule has 65 heavy (non-hydrogen) atoms. The van der Waals surface area contributed by atoms with Crippen molar-refractivity contribution in [1.82, 2.24) is 4.57 Å². The first-order valence-corrected chi connectivity index (χ1v) is 22.2. The van der Waals surface area contributed by atoms with Crippen molar-refractivity contribution in [2.75, 3.05) is 4.90 Å². The Bertz CT molecular complexity index is 3880. The highest BCUT2D eigenvalue weighted by Crippen LogP contribution is 2.45. The maximum atomic E-state index is 6.19.